The number of ether oxygens (including phenoxy) is 1. The molecule has 21 heavy (non-hydrogen) atoms. The van der Waals surface area contributed by atoms with Crippen LogP contribution in [-0.4, -0.2) is 11.5 Å². The maximum absolute atomic E-state index is 13.4. The smallest absolute Gasteiger partial charge is 0.223 e. The Bertz CT molecular complexity index is 626. The minimum absolute atomic E-state index is 0.364. The average molecular weight is 286 g/mol. The number of aromatic nitrogens is 1. The number of halogens is 1. The molecule has 1 heterocycles. The highest BCUT2D eigenvalue weighted by molar-refractivity contribution is 5.57. The van der Waals surface area contributed by atoms with E-state index in [4.69, 9.17) is 4.74 Å². The Morgan fingerprint density at radius 1 is 1.33 bits per heavy atom. The molecule has 110 valence electrons. The highest BCUT2D eigenvalue weighted by atomic mass is 19.1. The van der Waals surface area contributed by atoms with Gasteiger partial charge in [0.1, 0.15) is 11.6 Å². The summed E-state index contributed by atoms with van der Waals surface area (Å²) in [4.78, 5) is 4.07. The lowest BCUT2D eigenvalue weighted by atomic mass is 10.2. The van der Waals surface area contributed by atoms with E-state index in [9.17, 15) is 4.39 Å². The number of hydrogen-bond acceptors (Lipinski definition) is 3. The van der Waals surface area contributed by atoms with Crippen molar-refractivity contribution in [3.05, 3.63) is 59.5 Å². The first-order chi connectivity index (χ1) is 10.2. The second-order valence-electron chi connectivity index (χ2n) is 4.54. The van der Waals surface area contributed by atoms with E-state index in [1.165, 1.54) is 12.3 Å². The second-order valence-corrected chi connectivity index (χ2v) is 4.54. The van der Waals surface area contributed by atoms with Crippen LogP contribution in [0.1, 0.15) is 25.0 Å². The van der Waals surface area contributed by atoms with E-state index in [0.717, 1.165) is 12.1 Å². The van der Waals surface area contributed by atoms with E-state index in [1.54, 1.807) is 0 Å². The summed E-state index contributed by atoms with van der Waals surface area (Å²) < 4.78 is 19.2. The molecule has 3 nitrogen and oxygen atoms in total. The van der Waals surface area contributed by atoms with Crippen LogP contribution in [0.4, 0.5) is 4.39 Å². The fourth-order valence-electron chi connectivity index (χ4n) is 1.94. The Balaban J connectivity index is 2.30. The molecule has 2 aromatic rings. The number of rotatable bonds is 6. The summed E-state index contributed by atoms with van der Waals surface area (Å²) in [6.07, 6.45) is 5.08. The van der Waals surface area contributed by atoms with E-state index in [0.29, 0.717) is 23.7 Å². The van der Waals surface area contributed by atoms with E-state index in [-0.39, 0.29) is 5.82 Å². The number of allylic oxidation sites excluding steroid dienone is 1. The van der Waals surface area contributed by atoms with Crippen LogP contribution in [0.3, 0.4) is 0 Å². The summed E-state index contributed by atoms with van der Waals surface area (Å²) in [5.41, 5.74) is 1.66. The van der Waals surface area contributed by atoms with Crippen LogP contribution in [0.5, 0.6) is 11.6 Å². The van der Waals surface area contributed by atoms with Gasteiger partial charge in [0.25, 0.3) is 0 Å². The van der Waals surface area contributed by atoms with Gasteiger partial charge in [-0.2, -0.15) is 0 Å². The molecule has 0 radical (unpaired) electrons. The van der Waals surface area contributed by atoms with Crippen molar-refractivity contribution in [1.29, 1.82) is 0 Å². The summed E-state index contributed by atoms with van der Waals surface area (Å²) in [7, 11) is 0. The lowest BCUT2D eigenvalue weighted by Crippen LogP contribution is -2.13. The van der Waals surface area contributed by atoms with Crippen LogP contribution in [-0.2, 0) is 6.54 Å². The van der Waals surface area contributed by atoms with Crippen molar-refractivity contribution in [3.8, 4) is 11.6 Å². The quantitative estimate of drug-likeness (QED) is 0.866. The van der Waals surface area contributed by atoms with Crippen molar-refractivity contribution in [1.82, 2.24) is 10.3 Å². The van der Waals surface area contributed by atoms with Gasteiger partial charge < -0.3 is 10.1 Å². The van der Waals surface area contributed by atoms with Crippen molar-refractivity contribution < 1.29 is 9.13 Å². The predicted octanol–water partition coefficient (Wildman–Crippen LogP) is 4.16. The predicted molar refractivity (Wildman–Crippen MR) is 82.8 cm³/mol. The van der Waals surface area contributed by atoms with Crippen LogP contribution in [0, 0.1) is 5.82 Å². The first-order valence-corrected chi connectivity index (χ1v) is 6.99. The first-order valence-electron chi connectivity index (χ1n) is 6.99. The molecule has 4 heteroatoms. The molecule has 0 amide bonds. The molecule has 1 aromatic heterocycles. The van der Waals surface area contributed by atoms with E-state index in [1.807, 2.05) is 50.3 Å². The van der Waals surface area contributed by atoms with Gasteiger partial charge in [0.15, 0.2) is 0 Å². The van der Waals surface area contributed by atoms with Gasteiger partial charge in [-0.15, -0.1) is 0 Å². The molecule has 0 bridgehead atoms. The molecule has 1 aromatic carbocycles. The number of benzene rings is 1. The summed E-state index contributed by atoms with van der Waals surface area (Å²) >= 11 is 0. The topological polar surface area (TPSA) is 34.1 Å². The van der Waals surface area contributed by atoms with E-state index < -0.39 is 0 Å². The molecule has 2 rings (SSSR count). The molecule has 0 spiro atoms. The third-order valence-electron chi connectivity index (χ3n) is 2.93. The van der Waals surface area contributed by atoms with Gasteiger partial charge in [-0.25, -0.2) is 9.37 Å². The fourth-order valence-corrected chi connectivity index (χ4v) is 1.94. The van der Waals surface area contributed by atoms with Gasteiger partial charge in [0.2, 0.25) is 5.88 Å². The molecule has 0 aliphatic rings. The lowest BCUT2D eigenvalue weighted by Gasteiger charge is -2.12. The summed E-state index contributed by atoms with van der Waals surface area (Å²) in [5.74, 6) is 0.763. The third kappa shape index (κ3) is 4.13. The van der Waals surface area contributed by atoms with Crippen LogP contribution in [0.2, 0.25) is 0 Å². The van der Waals surface area contributed by atoms with Crippen molar-refractivity contribution in [2.45, 2.75) is 20.4 Å². The highest BCUT2D eigenvalue weighted by Gasteiger charge is 2.10. The zero-order chi connectivity index (χ0) is 15.1. The summed E-state index contributed by atoms with van der Waals surface area (Å²) in [6.45, 7) is 5.26. The molecular formula is C17H19FN2O. The minimum atomic E-state index is -0.364. The van der Waals surface area contributed by atoms with E-state index >= 15 is 0 Å². The molecule has 0 aliphatic heterocycles. The third-order valence-corrected chi connectivity index (χ3v) is 2.93. The Morgan fingerprint density at radius 2 is 2.14 bits per heavy atom. The van der Waals surface area contributed by atoms with Crippen molar-refractivity contribution in [2.24, 2.45) is 0 Å². The zero-order valence-corrected chi connectivity index (χ0v) is 12.3. The Kier molecular flexibility index (Phi) is 5.46. The number of pyridine rings is 1. The highest BCUT2D eigenvalue weighted by Crippen LogP contribution is 2.27. The summed E-state index contributed by atoms with van der Waals surface area (Å²) in [5, 5.41) is 3.16. The van der Waals surface area contributed by atoms with Gasteiger partial charge in [0, 0.05) is 17.7 Å². The maximum atomic E-state index is 13.4. The number of para-hydroxylation sites is 1. The van der Waals surface area contributed by atoms with Gasteiger partial charge in [-0.3, -0.25) is 0 Å². The first kappa shape index (κ1) is 15.2. The monoisotopic (exact) mass is 286 g/mol. The van der Waals surface area contributed by atoms with Gasteiger partial charge in [-0.1, -0.05) is 37.3 Å². The van der Waals surface area contributed by atoms with Crippen LogP contribution < -0.4 is 10.1 Å². The van der Waals surface area contributed by atoms with Crippen molar-refractivity contribution >= 4 is 6.08 Å². The lowest BCUT2D eigenvalue weighted by molar-refractivity contribution is 0.448. The number of hydrogen-bond donors (Lipinski definition) is 1. The van der Waals surface area contributed by atoms with Gasteiger partial charge in [-0.05, 0) is 25.6 Å². The standard InChI is InChI=1S/C17H19FN2O/c1-3-7-13-8-5-6-9-16(13)21-17-14(11-19-4-2)10-15(18)12-20-17/h3,5-10,12,19H,4,11H2,1-2H3/b7-3+. The molecule has 0 saturated carbocycles. The average Bonchev–Trinajstić information content (AvgIpc) is 2.49. The summed E-state index contributed by atoms with van der Waals surface area (Å²) in [6, 6.07) is 9.12. The van der Waals surface area contributed by atoms with Crippen molar-refractivity contribution in [3.63, 3.8) is 0 Å². The SMILES string of the molecule is C/C=C/c1ccccc1Oc1ncc(F)cc1CNCC. The molecule has 0 atom stereocenters. The Hall–Kier alpha value is -2.20. The minimum Gasteiger partial charge on any atom is -0.438 e. The number of nitrogens with one attached hydrogen (secondary N) is 1. The van der Waals surface area contributed by atoms with E-state index in [2.05, 4.69) is 10.3 Å². The zero-order valence-electron chi connectivity index (χ0n) is 12.3. The maximum Gasteiger partial charge on any atom is 0.223 e. The van der Waals surface area contributed by atoms with Crippen molar-refractivity contribution in [2.75, 3.05) is 6.54 Å². The van der Waals surface area contributed by atoms with Gasteiger partial charge in [0.05, 0.1) is 6.20 Å². The molecule has 0 saturated heterocycles. The molecule has 0 fully saturated rings. The second kappa shape index (κ2) is 7.55. The Labute approximate surface area is 124 Å². The number of nitrogens with zero attached hydrogens (tertiary/aromatic N) is 1. The van der Waals surface area contributed by atoms with Crippen LogP contribution in [0.25, 0.3) is 6.08 Å². The molecular weight excluding hydrogens is 267 g/mol. The normalized spacial score (nSPS) is 11.0. The molecule has 0 aliphatic carbocycles. The van der Waals surface area contributed by atoms with Gasteiger partial charge >= 0.3 is 0 Å². The van der Waals surface area contributed by atoms with Crippen LogP contribution in [0.15, 0.2) is 42.6 Å². The largest absolute Gasteiger partial charge is 0.438 e. The molecule has 0 unspecified atom stereocenters. The molecule has 1 N–H and O–H groups in total. The van der Waals surface area contributed by atoms with Crippen LogP contribution >= 0.6 is 0 Å². The Morgan fingerprint density at radius 3 is 2.90 bits per heavy atom. The fraction of sp³-hybridized carbons (Fsp3) is 0.235.